The van der Waals surface area contributed by atoms with E-state index >= 15 is 0 Å². The third kappa shape index (κ3) is 3.32. The highest BCUT2D eigenvalue weighted by molar-refractivity contribution is 5.96. The van der Waals surface area contributed by atoms with E-state index in [1.165, 1.54) is 0 Å². The van der Waals surface area contributed by atoms with Gasteiger partial charge >= 0.3 is 0 Å². The van der Waals surface area contributed by atoms with Crippen LogP contribution in [0.4, 0.5) is 5.69 Å². The van der Waals surface area contributed by atoms with Gasteiger partial charge in [0, 0.05) is 24.3 Å². The zero-order valence-corrected chi connectivity index (χ0v) is 17.0. The molecule has 0 spiro atoms. The molecule has 31 heavy (non-hydrogen) atoms. The highest BCUT2D eigenvalue weighted by Gasteiger charge is 2.30. The molecule has 1 aromatic heterocycles. The van der Waals surface area contributed by atoms with Gasteiger partial charge in [0.2, 0.25) is 0 Å². The van der Waals surface area contributed by atoms with Gasteiger partial charge in [-0.3, -0.25) is 14.9 Å². The summed E-state index contributed by atoms with van der Waals surface area (Å²) in [5.74, 6) is 0.392. The molecule has 154 valence electrons. The second kappa shape index (κ2) is 7.84. The second-order valence-electron chi connectivity index (χ2n) is 8.06. The number of Topliss-reactive ketones (excluding diaryl/α,β-unsaturated/α-hetero) is 1. The highest BCUT2D eigenvalue weighted by atomic mass is 16.6. The van der Waals surface area contributed by atoms with Gasteiger partial charge in [0.05, 0.1) is 16.1 Å². The Morgan fingerprint density at radius 3 is 2.39 bits per heavy atom. The van der Waals surface area contributed by atoms with Gasteiger partial charge in [-0.2, -0.15) is 0 Å². The number of benzene rings is 3. The normalized spacial score (nSPS) is 16.5. The average molecular weight is 410 g/mol. The Kier molecular flexibility index (Phi) is 4.86. The molecule has 0 aliphatic heterocycles. The summed E-state index contributed by atoms with van der Waals surface area (Å²) in [5.41, 5.74) is 4.57. The first kappa shape index (κ1) is 19.2. The molecule has 0 bridgehead atoms. The van der Waals surface area contributed by atoms with Gasteiger partial charge in [0.15, 0.2) is 0 Å². The van der Waals surface area contributed by atoms with E-state index in [-0.39, 0.29) is 22.3 Å². The van der Waals surface area contributed by atoms with E-state index in [0.717, 1.165) is 40.6 Å². The minimum Gasteiger partial charge on any atom is -0.303 e. The van der Waals surface area contributed by atoms with Crippen molar-refractivity contribution in [1.29, 1.82) is 0 Å². The van der Waals surface area contributed by atoms with Gasteiger partial charge in [0.25, 0.3) is 5.69 Å². The Balaban J connectivity index is 1.90. The fraction of sp³-hybridized carbons (Fsp3) is 0.192. The molecule has 5 nitrogen and oxygen atoms in total. The Bertz CT molecular complexity index is 1290. The van der Waals surface area contributed by atoms with Crippen LogP contribution in [0.2, 0.25) is 0 Å². The first-order chi connectivity index (χ1) is 15.1. The number of nitro benzene ring substituents is 1. The van der Waals surface area contributed by atoms with E-state index < -0.39 is 0 Å². The lowest BCUT2D eigenvalue weighted by Crippen LogP contribution is -2.14. The minimum absolute atomic E-state index is 0.0618. The molecule has 0 N–H and O–H groups in total. The van der Waals surface area contributed by atoms with Crippen molar-refractivity contribution in [3.63, 3.8) is 0 Å². The summed E-state index contributed by atoms with van der Waals surface area (Å²) in [5, 5.41) is 12.9. The van der Waals surface area contributed by atoms with Crippen molar-refractivity contribution in [2.75, 3.05) is 0 Å². The van der Waals surface area contributed by atoms with Crippen molar-refractivity contribution in [1.82, 2.24) is 4.57 Å². The van der Waals surface area contributed by atoms with Gasteiger partial charge in [-0.1, -0.05) is 60.7 Å². The Labute approximate surface area is 180 Å². The molecule has 4 aromatic rings. The lowest BCUT2D eigenvalue weighted by Gasteiger charge is -2.23. The van der Waals surface area contributed by atoms with Crippen LogP contribution in [0.1, 0.15) is 37.2 Å². The predicted octanol–water partition coefficient (Wildman–Crippen LogP) is 6.43. The third-order valence-corrected chi connectivity index (χ3v) is 6.17. The minimum atomic E-state index is -0.331. The van der Waals surface area contributed by atoms with Crippen LogP contribution in [0.5, 0.6) is 0 Å². The van der Waals surface area contributed by atoms with E-state index in [0.29, 0.717) is 18.5 Å². The summed E-state index contributed by atoms with van der Waals surface area (Å²) in [6.07, 6.45) is 2.98. The van der Waals surface area contributed by atoms with Crippen LogP contribution in [0.15, 0.2) is 78.9 Å². The molecule has 0 radical (unpaired) electrons. The van der Waals surface area contributed by atoms with E-state index in [9.17, 15) is 14.9 Å². The fourth-order valence-corrected chi connectivity index (χ4v) is 4.89. The first-order valence-corrected chi connectivity index (χ1v) is 10.6. The number of rotatable bonds is 4. The summed E-state index contributed by atoms with van der Waals surface area (Å²) in [4.78, 5) is 23.9. The number of carbonyl (C=O) groups is 1. The molecule has 1 aliphatic rings. The maximum Gasteiger partial charge on any atom is 0.293 e. The zero-order valence-electron chi connectivity index (χ0n) is 17.0. The van der Waals surface area contributed by atoms with Crippen LogP contribution < -0.4 is 0 Å². The molecular weight excluding hydrogens is 388 g/mol. The number of hydrogen-bond acceptors (Lipinski definition) is 3. The summed E-state index contributed by atoms with van der Waals surface area (Å²) in [6, 6.07) is 24.9. The molecule has 1 atom stereocenters. The molecule has 5 rings (SSSR count). The molecule has 0 saturated heterocycles. The molecule has 1 saturated carbocycles. The van der Waals surface area contributed by atoms with Gasteiger partial charge in [0.1, 0.15) is 11.5 Å². The summed E-state index contributed by atoms with van der Waals surface area (Å²) < 4.78 is 2.01. The average Bonchev–Trinajstić information content (AvgIpc) is 3.15. The quantitative estimate of drug-likeness (QED) is 0.287. The van der Waals surface area contributed by atoms with Crippen LogP contribution >= 0.6 is 0 Å². The summed E-state index contributed by atoms with van der Waals surface area (Å²) in [7, 11) is 0. The van der Waals surface area contributed by atoms with Gasteiger partial charge < -0.3 is 4.57 Å². The van der Waals surface area contributed by atoms with Gasteiger partial charge in [-0.15, -0.1) is 0 Å². The summed E-state index contributed by atoms with van der Waals surface area (Å²) >= 11 is 0. The van der Waals surface area contributed by atoms with Crippen molar-refractivity contribution in [2.45, 2.75) is 31.6 Å². The van der Waals surface area contributed by atoms with Gasteiger partial charge in [-0.05, 0) is 42.0 Å². The molecule has 1 unspecified atom stereocenters. The predicted molar refractivity (Wildman–Crippen MR) is 122 cm³/mol. The number of ketones is 1. The van der Waals surface area contributed by atoms with Crippen LogP contribution in [0.25, 0.3) is 27.8 Å². The molecule has 5 heteroatoms. The van der Waals surface area contributed by atoms with Gasteiger partial charge in [-0.25, -0.2) is 0 Å². The van der Waals surface area contributed by atoms with Crippen molar-refractivity contribution in [3.05, 3.63) is 94.5 Å². The molecule has 1 fully saturated rings. The lowest BCUT2D eigenvalue weighted by molar-refractivity contribution is -0.384. The first-order valence-electron chi connectivity index (χ1n) is 10.6. The second-order valence-corrected chi connectivity index (χ2v) is 8.06. The maximum atomic E-state index is 12.4. The topological polar surface area (TPSA) is 65.1 Å². The summed E-state index contributed by atoms with van der Waals surface area (Å²) in [6.45, 7) is 0. The monoisotopic (exact) mass is 410 g/mol. The van der Waals surface area contributed by atoms with Crippen molar-refractivity contribution in [2.24, 2.45) is 0 Å². The zero-order chi connectivity index (χ0) is 21.4. The SMILES string of the molecule is O=C1CCCC(c2c(-c3ccccc3)n(-c3ccccc3[N+](=O)[O-])c3ccccc23)C1. The van der Waals surface area contributed by atoms with E-state index in [1.54, 1.807) is 18.2 Å². The van der Waals surface area contributed by atoms with Crippen molar-refractivity contribution >= 4 is 22.4 Å². The lowest BCUT2D eigenvalue weighted by atomic mass is 9.81. The molecule has 0 amide bonds. The number of nitrogens with zero attached hydrogens (tertiary/aromatic N) is 2. The fourth-order valence-electron chi connectivity index (χ4n) is 4.89. The molecule has 1 aliphatic carbocycles. The van der Waals surface area contributed by atoms with Crippen LogP contribution in [0.3, 0.4) is 0 Å². The van der Waals surface area contributed by atoms with E-state index in [4.69, 9.17) is 0 Å². The van der Waals surface area contributed by atoms with Crippen LogP contribution in [0, 0.1) is 10.1 Å². The Morgan fingerprint density at radius 1 is 0.903 bits per heavy atom. The number of hydrogen-bond donors (Lipinski definition) is 0. The van der Waals surface area contributed by atoms with E-state index in [1.807, 2.05) is 59.2 Å². The van der Waals surface area contributed by atoms with Crippen molar-refractivity contribution < 1.29 is 9.72 Å². The van der Waals surface area contributed by atoms with E-state index in [2.05, 4.69) is 6.07 Å². The van der Waals surface area contributed by atoms with Crippen molar-refractivity contribution in [3.8, 4) is 16.9 Å². The molecule has 1 heterocycles. The number of aromatic nitrogens is 1. The number of para-hydroxylation sites is 3. The Hall–Kier alpha value is -3.73. The number of fused-ring (bicyclic) bond motifs is 1. The molecular formula is C26H22N2O3. The standard InChI is InChI=1S/C26H22N2O3/c29-20-12-8-11-19(17-20)25-21-13-4-5-14-22(21)27(26(25)18-9-2-1-3-10-18)23-15-6-7-16-24(23)28(30)31/h1-7,9-10,13-16,19H,8,11-12,17H2. The maximum absolute atomic E-state index is 12.4. The third-order valence-electron chi connectivity index (χ3n) is 6.17. The van der Waals surface area contributed by atoms with Crippen LogP contribution in [-0.2, 0) is 4.79 Å². The molecule has 3 aromatic carbocycles. The number of carbonyl (C=O) groups excluding carboxylic acids is 1. The number of nitro groups is 1. The largest absolute Gasteiger partial charge is 0.303 e. The van der Waals surface area contributed by atoms with Crippen LogP contribution in [-0.4, -0.2) is 15.3 Å². The Morgan fingerprint density at radius 2 is 1.61 bits per heavy atom. The highest BCUT2D eigenvalue weighted by Crippen LogP contribution is 2.45. The smallest absolute Gasteiger partial charge is 0.293 e.